The number of aryl methyl sites for hydroxylation is 1. The monoisotopic (exact) mass is 205 g/mol. The summed E-state index contributed by atoms with van der Waals surface area (Å²) in [6, 6.07) is 8.53. The van der Waals surface area contributed by atoms with Crippen molar-refractivity contribution in [1.29, 1.82) is 0 Å². The van der Waals surface area contributed by atoms with Crippen LogP contribution in [0.2, 0.25) is 0 Å². The molecular formula is C13H19NO. The minimum absolute atomic E-state index is 0.381. The van der Waals surface area contributed by atoms with Gasteiger partial charge in [-0.2, -0.15) is 0 Å². The molecule has 82 valence electrons. The van der Waals surface area contributed by atoms with Gasteiger partial charge in [0, 0.05) is 13.1 Å². The summed E-state index contributed by atoms with van der Waals surface area (Å²) in [5, 5.41) is 3.20. The van der Waals surface area contributed by atoms with Gasteiger partial charge in [0.25, 0.3) is 0 Å². The van der Waals surface area contributed by atoms with Gasteiger partial charge in [0.1, 0.15) is 11.9 Å². The second-order valence-electron chi connectivity index (χ2n) is 4.15. The number of hydrogen-bond donors (Lipinski definition) is 1. The predicted molar refractivity (Wildman–Crippen MR) is 62.3 cm³/mol. The molecule has 0 bridgehead atoms. The van der Waals surface area contributed by atoms with Gasteiger partial charge in [-0.05, 0) is 30.5 Å². The Morgan fingerprint density at radius 3 is 2.53 bits per heavy atom. The van der Waals surface area contributed by atoms with E-state index in [2.05, 4.69) is 36.5 Å². The van der Waals surface area contributed by atoms with Gasteiger partial charge in [-0.15, -0.1) is 0 Å². The summed E-state index contributed by atoms with van der Waals surface area (Å²) in [7, 11) is 0. The van der Waals surface area contributed by atoms with E-state index in [0.717, 1.165) is 18.8 Å². The van der Waals surface area contributed by atoms with Crippen molar-refractivity contribution in [2.75, 3.05) is 13.1 Å². The van der Waals surface area contributed by atoms with Crippen molar-refractivity contribution < 1.29 is 4.74 Å². The van der Waals surface area contributed by atoms with Gasteiger partial charge in [-0.25, -0.2) is 0 Å². The molecule has 1 heterocycles. The molecule has 1 aromatic rings. The fourth-order valence-corrected chi connectivity index (χ4v) is 1.65. The van der Waals surface area contributed by atoms with Crippen LogP contribution in [0.5, 0.6) is 5.75 Å². The van der Waals surface area contributed by atoms with Gasteiger partial charge in [0.2, 0.25) is 0 Å². The highest BCUT2D eigenvalue weighted by molar-refractivity contribution is 5.27. The number of nitrogens with one attached hydrogen (secondary N) is 1. The number of hydrogen-bond acceptors (Lipinski definition) is 2. The fraction of sp³-hybridized carbons (Fsp3) is 0.538. The minimum Gasteiger partial charge on any atom is -0.488 e. The molecule has 0 aliphatic carbocycles. The lowest BCUT2D eigenvalue weighted by molar-refractivity contribution is 0.142. The summed E-state index contributed by atoms with van der Waals surface area (Å²) < 4.78 is 5.75. The van der Waals surface area contributed by atoms with E-state index >= 15 is 0 Å². The molecule has 2 rings (SSSR count). The predicted octanol–water partition coefficient (Wildman–Crippen LogP) is 2.38. The number of unbranched alkanes of at least 4 members (excludes halogenated alkanes) is 1. The van der Waals surface area contributed by atoms with Crippen LogP contribution in [0.3, 0.4) is 0 Å². The lowest BCUT2D eigenvalue weighted by atomic mass is 10.1. The third-order valence-electron chi connectivity index (χ3n) is 2.79. The molecule has 0 saturated carbocycles. The molecule has 1 aliphatic rings. The van der Waals surface area contributed by atoms with Gasteiger partial charge >= 0.3 is 0 Å². The lowest BCUT2D eigenvalue weighted by Crippen LogP contribution is -2.50. The van der Waals surface area contributed by atoms with E-state index in [1.54, 1.807) is 0 Å². The third kappa shape index (κ3) is 2.96. The molecular weight excluding hydrogens is 186 g/mol. The number of rotatable bonds is 5. The Bertz CT molecular complexity index is 290. The maximum absolute atomic E-state index is 5.75. The zero-order valence-electron chi connectivity index (χ0n) is 9.33. The summed E-state index contributed by atoms with van der Waals surface area (Å²) in [4.78, 5) is 0. The first-order valence-electron chi connectivity index (χ1n) is 5.85. The molecule has 1 N–H and O–H groups in total. The fourth-order valence-electron chi connectivity index (χ4n) is 1.65. The summed E-state index contributed by atoms with van der Waals surface area (Å²) in [6.45, 7) is 4.19. The Morgan fingerprint density at radius 1 is 1.27 bits per heavy atom. The Kier molecular flexibility index (Phi) is 3.62. The van der Waals surface area contributed by atoms with E-state index in [4.69, 9.17) is 4.74 Å². The summed E-state index contributed by atoms with van der Waals surface area (Å²) in [5.74, 6) is 1.00. The van der Waals surface area contributed by atoms with E-state index in [9.17, 15) is 0 Å². The molecule has 1 saturated heterocycles. The zero-order valence-corrected chi connectivity index (χ0v) is 9.33. The summed E-state index contributed by atoms with van der Waals surface area (Å²) in [6.07, 6.45) is 4.09. The highest BCUT2D eigenvalue weighted by Crippen LogP contribution is 2.16. The largest absolute Gasteiger partial charge is 0.488 e. The smallest absolute Gasteiger partial charge is 0.123 e. The molecule has 1 aromatic carbocycles. The average molecular weight is 205 g/mol. The first-order valence-corrected chi connectivity index (χ1v) is 5.85. The van der Waals surface area contributed by atoms with Crippen LogP contribution in [0.15, 0.2) is 24.3 Å². The molecule has 2 heteroatoms. The summed E-state index contributed by atoms with van der Waals surface area (Å²) in [5.41, 5.74) is 1.41. The van der Waals surface area contributed by atoms with Crippen LogP contribution in [0, 0.1) is 0 Å². The second-order valence-corrected chi connectivity index (χ2v) is 4.15. The van der Waals surface area contributed by atoms with Crippen LogP contribution in [0.1, 0.15) is 25.3 Å². The first kappa shape index (κ1) is 10.5. The van der Waals surface area contributed by atoms with Crippen molar-refractivity contribution in [3.05, 3.63) is 29.8 Å². The first-order chi connectivity index (χ1) is 7.38. The van der Waals surface area contributed by atoms with Crippen molar-refractivity contribution in [2.45, 2.75) is 32.3 Å². The summed E-state index contributed by atoms with van der Waals surface area (Å²) >= 11 is 0. The third-order valence-corrected chi connectivity index (χ3v) is 2.79. The SMILES string of the molecule is CCCCc1ccc(OC2CNC2)cc1. The Labute approximate surface area is 91.6 Å². The van der Waals surface area contributed by atoms with Gasteiger partial charge in [-0.1, -0.05) is 25.5 Å². The molecule has 1 aliphatic heterocycles. The quantitative estimate of drug-likeness (QED) is 0.797. The average Bonchev–Trinajstić information content (AvgIpc) is 2.22. The van der Waals surface area contributed by atoms with Gasteiger partial charge < -0.3 is 10.1 Å². The van der Waals surface area contributed by atoms with Crippen molar-refractivity contribution in [3.8, 4) is 5.75 Å². The minimum atomic E-state index is 0.381. The normalized spacial score (nSPS) is 16.1. The van der Waals surface area contributed by atoms with E-state index in [-0.39, 0.29) is 0 Å². The van der Waals surface area contributed by atoms with Gasteiger partial charge in [-0.3, -0.25) is 0 Å². The van der Waals surface area contributed by atoms with Crippen molar-refractivity contribution in [2.24, 2.45) is 0 Å². The topological polar surface area (TPSA) is 21.3 Å². The highest BCUT2D eigenvalue weighted by atomic mass is 16.5. The molecule has 0 atom stereocenters. The van der Waals surface area contributed by atoms with E-state index in [1.165, 1.54) is 24.8 Å². The van der Waals surface area contributed by atoms with E-state index in [0.29, 0.717) is 6.10 Å². The maximum Gasteiger partial charge on any atom is 0.123 e. The second kappa shape index (κ2) is 5.17. The van der Waals surface area contributed by atoms with Crippen molar-refractivity contribution >= 4 is 0 Å². The van der Waals surface area contributed by atoms with Crippen LogP contribution in [-0.2, 0) is 6.42 Å². The molecule has 0 aromatic heterocycles. The highest BCUT2D eigenvalue weighted by Gasteiger charge is 2.17. The van der Waals surface area contributed by atoms with Crippen LogP contribution < -0.4 is 10.1 Å². The molecule has 0 spiro atoms. The number of ether oxygens (including phenoxy) is 1. The molecule has 2 nitrogen and oxygen atoms in total. The van der Waals surface area contributed by atoms with Crippen LogP contribution in [0.25, 0.3) is 0 Å². The van der Waals surface area contributed by atoms with Crippen LogP contribution >= 0.6 is 0 Å². The maximum atomic E-state index is 5.75. The Balaban J connectivity index is 1.85. The lowest BCUT2D eigenvalue weighted by Gasteiger charge is -2.27. The molecule has 0 unspecified atom stereocenters. The molecule has 15 heavy (non-hydrogen) atoms. The van der Waals surface area contributed by atoms with Gasteiger partial charge in [0.15, 0.2) is 0 Å². The zero-order chi connectivity index (χ0) is 10.5. The van der Waals surface area contributed by atoms with E-state index < -0.39 is 0 Å². The van der Waals surface area contributed by atoms with Gasteiger partial charge in [0.05, 0.1) is 0 Å². The number of benzene rings is 1. The Hall–Kier alpha value is -1.02. The molecule has 0 radical (unpaired) electrons. The standard InChI is InChI=1S/C13H19NO/c1-2-3-4-11-5-7-12(8-6-11)15-13-9-14-10-13/h5-8,13-14H,2-4,9-10H2,1H3. The van der Waals surface area contributed by atoms with Crippen molar-refractivity contribution in [3.63, 3.8) is 0 Å². The molecule has 0 amide bonds. The van der Waals surface area contributed by atoms with Crippen LogP contribution in [0.4, 0.5) is 0 Å². The molecule has 1 fully saturated rings. The Morgan fingerprint density at radius 2 is 2.00 bits per heavy atom. The van der Waals surface area contributed by atoms with E-state index in [1.807, 2.05) is 0 Å². The van der Waals surface area contributed by atoms with Crippen molar-refractivity contribution in [1.82, 2.24) is 5.32 Å². The van der Waals surface area contributed by atoms with Crippen LogP contribution in [-0.4, -0.2) is 19.2 Å².